The number of carbonyl (C=O) groups is 2. The van der Waals surface area contributed by atoms with Crippen LogP contribution in [-0.2, 0) is 9.59 Å². The van der Waals surface area contributed by atoms with Gasteiger partial charge in [-0.1, -0.05) is 44.1 Å². The van der Waals surface area contributed by atoms with Gasteiger partial charge in [-0.25, -0.2) is 0 Å². The second kappa shape index (κ2) is 14.1. The molecule has 0 bridgehead atoms. The fraction of sp³-hybridized carbons (Fsp3) is 0.231. The lowest BCUT2D eigenvalue weighted by molar-refractivity contribution is -0.121. The number of carbonyl (C=O) groups excluding carboxylic acids is 2. The smallest absolute Gasteiger partial charge is 0.163 e. The molecule has 6 nitrogen and oxygen atoms in total. The van der Waals surface area contributed by atoms with Gasteiger partial charge in [0, 0.05) is 0 Å². The third-order valence-electron chi connectivity index (χ3n) is 3.97. The lowest BCUT2D eigenvalue weighted by Gasteiger charge is -2.09. The molecule has 0 unspecified atom stereocenters. The summed E-state index contributed by atoms with van der Waals surface area (Å²) < 4.78 is 15.6. The Morgan fingerprint density at radius 3 is 1.97 bits per heavy atom. The van der Waals surface area contributed by atoms with Crippen molar-refractivity contribution >= 4 is 23.7 Å². The van der Waals surface area contributed by atoms with Crippen molar-refractivity contribution in [1.82, 2.24) is 0 Å². The van der Waals surface area contributed by atoms with Gasteiger partial charge in [-0.3, -0.25) is 9.59 Å². The summed E-state index contributed by atoms with van der Waals surface area (Å²) in [6, 6.07) is 9.83. The molecule has 0 saturated heterocycles. The van der Waals surface area contributed by atoms with Gasteiger partial charge in [-0.2, -0.15) is 0 Å². The van der Waals surface area contributed by atoms with Gasteiger partial charge in [0.25, 0.3) is 0 Å². The van der Waals surface area contributed by atoms with Crippen molar-refractivity contribution in [3.63, 3.8) is 0 Å². The average Bonchev–Trinajstić information content (AvgIpc) is 2.82. The van der Waals surface area contributed by atoms with E-state index in [0.29, 0.717) is 28.4 Å². The minimum Gasteiger partial charge on any atom is -0.504 e. The maximum absolute atomic E-state index is 12.1. The van der Waals surface area contributed by atoms with Crippen LogP contribution in [0.15, 0.2) is 48.6 Å². The topological polar surface area (TPSA) is 82.1 Å². The summed E-state index contributed by atoms with van der Waals surface area (Å²) in [6.07, 6.45) is 10.7. The van der Waals surface area contributed by atoms with E-state index in [4.69, 9.17) is 20.6 Å². The first-order valence-electron chi connectivity index (χ1n) is 10.00. The van der Waals surface area contributed by atoms with Crippen LogP contribution in [0.5, 0.6) is 23.0 Å². The summed E-state index contributed by atoms with van der Waals surface area (Å²) in [5.41, 5.74) is 1.38. The quantitative estimate of drug-likeness (QED) is 0.330. The molecule has 168 valence electrons. The second-order valence-electron chi connectivity index (χ2n) is 6.11. The van der Waals surface area contributed by atoms with E-state index in [9.17, 15) is 14.7 Å². The zero-order chi connectivity index (χ0) is 23.9. The van der Waals surface area contributed by atoms with E-state index in [1.54, 1.807) is 42.5 Å². The number of phenolic OH excluding ortho intramolecular Hbond substituents is 1. The Labute approximate surface area is 189 Å². The number of benzene rings is 2. The molecule has 0 fully saturated rings. The van der Waals surface area contributed by atoms with Crippen LogP contribution in [0.4, 0.5) is 0 Å². The van der Waals surface area contributed by atoms with Gasteiger partial charge in [0.15, 0.2) is 34.6 Å². The minimum atomic E-state index is -0.340. The van der Waals surface area contributed by atoms with Crippen molar-refractivity contribution in [3.05, 3.63) is 59.7 Å². The number of methoxy groups -OCH3 is 2. The predicted molar refractivity (Wildman–Crippen MR) is 126 cm³/mol. The Morgan fingerprint density at radius 2 is 1.44 bits per heavy atom. The molecule has 0 amide bonds. The van der Waals surface area contributed by atoms with Crippen LogP contribution >= 0.6 is 0 Å². The molecule has 0 aliphatic heterocycles. The summed E-state index contributed by atoms with van der Waals surface area (Å²) in [4.78, 5) is 24.1. The molecule has 0 radical (unpaired) electrons. The van der Waals surface area contributed by atoms with Gasteiger partial charge in [0.1, 0.15) is 6.61 Å². The number of ketones is 2. The second-order valence-corrected chi connectivity index (χ2v) is 6.11. The van der Waals surface area contributed by atoms with Crippen LogP contribution in [0.3, 0.4) is 0 Å². The van der Waals surface area contributed by atoms with E-state index in [2.05, 4.69) is 5.92 Å². The molecule has 0 saturated carbocycles. The summed E-state index contributed by atoms with van der Waals surface area (Å²) in [5, 5.41) is 9.58. The zero-order valence-electron chi connectivity index (χ0n) is 18.8. The van der Waals surface area contributed by atoms with E-state index in [1.165, 1.54) is 32.4 Å². The molecule has 2 aromatic carbocycles. The average molecular weight is 437 g/mol. The Balaban J connectivity index is 0.00000249. The first kappa shape index (κ1) is 26.1. The molecule has 0 aromatic heterocycles. The van der Waals surface area contributed by atoms with Crippen LogP contribution in [0.2, 0.25) is 0 Å². The number of ether oxygens (including phenoxy) is 3. The Morgan fingerprint density at radius 1 is 0.906 bits per heavy atom. The van der Waals surface area contributed by atoms with Crippen LogP contribution < -0.4 is 14.2 Å². The number of hydrogen-bond donors (Lipinski definition) is 1. The third kappa shape index (κ3) is 8.41. The van der Waals surface area contributed by atoms with E-state index in [-0.39, 0.29) is 30.3 Å². The Kier molecular flexibility index (Phi) is 11.5. The number of rotatable bonds is 10. The van der Waals surface area contributed by atoms with Crippen LogP contribution in [0, 0.1) is 12.3 Å². The number of terminal acetylenes is 1. The molecular weight excluding hydrogens is 408 g/mol. The monoisotopic (exact) mass is 436 g/mol. The van der Waals surface area contributed by atoms with Gasteiger partial charge in [-0.15, -0.1) is 6.42 Å². The Bertz CT molecular complexity index is 1010. The number of aromatic hydroxyl groups is 1. The predicted octanol–water partition coefficient (Wildman–Crippen LogP) is 4.70. The van der Waals surface area contributed by atoms with Crippen molar-refractivity contribution in [3.8, 4) is 35.3 Å². The summed E-state index contributed by atoms with van der Waals surface area (Å²) in [5.74, 6) is 3.01. The van der Waals surface area contributed by atoms with Crippen LogP contribution in [-0.4, -0.2) is 37.5 Å². The first-order chi connectivity index (χ1) is 15.5. The molecule has 0 atom stereocenters. The highest BCUT2D eigenvalue weighted by atomic mass is 16.5. The normalized spacial score (nSPS) is 10.2. The molecule has 32 heavy (non-hydrogen) atoms. The highest BCUT2D eigenvalue weighted by Gasteiger charge is 2.07. The molecule has 2 aromatic rings. The van der Waals surface area contributed by atoms with E-state index in [1.807, 2.05) is 13.8 Å². The molecule has 0 aliphatic rings. The number of hydrogen-bond acceptors (Lipinski definition) is 6. The molecule has 6 heteroatoms. The summed E-state index contributed by atoms with van der Waals surface area (Å²) in [7, 11) is 2.94. The largest absolute Gasteiger partial charge is 0.504 e. The third-order valence-corrected chi connectivity index (χ3v) is 3.97. The van der Waals surface area contributed by atoms with Crippen molar-refractivity contribution < 1.29 is 28.9 Å². The van der Waals surface area contributed by atoms with Crippen molar-refractivity contribution in [2.45, 2.75) is 20.3 Å². The van der Waals surface area contributed by atoms with Gasteiger partial charge in [0.05, 0.1) is 20.6 Å². The van der Waals surface area contributed by atoms with Crippen LogP contribution in [0.1, 0.15) is 31.4 Å². The SMILES string of the molecule is C#CCOc1ccc(/C=C/C(=O)CC(=O)/C=C/c2ccc(O)c(OC)c2)cc1OC.CC. The summed E-state index contributed by atoms with van der Waals surface area (Å²) >= 11 is 0. The first-order valence-corrected chi connectivity index (χ1v) is 10.00. The Hall–Kier alpha value is -3.98. The fourth-order valence-corrected chi connectivity index (χ4v) is 2.49. The fourth-order valence-electron chi connectivity index (χ4n) is 2.49. The lowest BCUT2D eigenvalue weighted by atomic mass is 10.1. The van der Waals surface area contributed by atoms with Gasteiger partial charge in [-0.05, 0) is 47.5 Å². The zero-order valence-corrected chi connectivity index (χ0v) is 18.8. The van der Waals surface area contributed by atoms with Crippen molar-refractivity contribution in [2.75, 3.05) is 20.8 Å². The molecular formula is C26H28O6. The molecule has 0 spiro atoms. The molecule has 0 aliphatic carbocycles. The molecule has 0 heterocycles. The maximum atomic E-state index is 12.1. The number of phenols is 1. The molecule has 1 N–H and O–H groups in total. The minimum absolute atomic E-state index is 0.00793. The maximum Gasteiger partial charge on any atom is 0.163 e. The standard InChI is InChI=1S/C24H22O6.C2H6/c1-4-13-30-22-12-8-18(15-24(22)29-3)6-10-20(26)16-19(25)9-5-17-7-11-21(27)23(14-17)28-2;1-2/h1,5-12,14-15,27H,13,16H2,2-3H3;1-2H3/b9-5+,10-6+;. The van der Waals surface area contributed by atoms with Crippen LogP contribution in [0.25, 0.3) is 12.2 Å². The van der Waals surface area contributed by atoms with Crippen molar-refractivity contribution in [2.24, 2.45) is 0 Å². The van der Waals surface area contributed by atoms with Crippen molar-refractivity contribution in [1.29, 1.82) is 0 Å². The highest BCUT2D eigenvalue weighted by molar-refractivity contribution is 6.10. The summed E-state index contributed by atoms with van der Waals surface area (Å²) in [6.45, 7) is 4.12. The van der Waals surface area contributed by atoms with Gasteiger partial charge in [0.2, 0.25) is 0 Å². The van der Waals surface area contributed by atoms with E-state index in [0.717, 1.165) is 0 Å². The lowest BCUT2D eigenvalue weighted by Crippen LogP contribution is -2.02. The van der Waals surface area contributed by atoms with Gasteiger partial charge < -0.3 is 19.3 Å². The van der Waals surface area contributed by atoms with Gasteiger partial charge >= 0.3 is 0 Å². The highest BCUT2D eigenvalue weighted by Crippen LogP contribution is 2.28. The van der Waals surface area contributed by atoms with E-state index < -0.39 is 0 Å². The van der Waals surface area contributed by atoms with E-state index >= 15 is 0 Å². The number of allylic oxidation sites excluding steroid dienone is 2. The molecule has 2 rings (SSSR count).